The van der Waals surface area contributed by atoms with Crippen LogP contribution in [-0.4, -0.2) is 16.7 Å². The van der Waals surface area contributed by atoms with Crippen LogP contribution in [0.15, 0.2) is 197 Å². The minimum absolute atomic E-state index is 0.503. The van der Waals surface area contributed by atoms with Gasteiger partial charge in [-0.25, -0.2) is 15.0 Å². The van der Waals surface area contributed by atoms with Gasteiger partial charge in [0.1, 0.15) is 17.3 Å². The van der Waals surface area contributed by atoms with Crippen LogP contribution in [0.1, 0.15) is 22.9 Å². The van der Waals surface area contributed by atoms with E-state index in [-0.39, 0.29) is 0 Å². The Kier molecular flexibility index (Phi) is 7.47. The van der Waals surface area contributed by atoms with Crippen molar-refractivity contribution in [3.63, 3.8) is 0 Å². The SMILES string of the molecule is c1ccc(C2=NC(c3ccc(-c4ccccc4)c4ccccc34)N=C(c3cc(-c4ccc(-c5ccccc5)cc4)cc4oc5ncccc5c34)N2)cc1. The Morgan fingerprint density at radius 3 is 1.75 bits per heavy atom. The van der Waals surface area contributed by atoms with Gasteiger partial charge in [-0.15, -0.1) is 0 Å². The van der Waals surface area contributed by atoms with E-state index in [2.05, 4.69) is 156 Å². The number of aliphatic imine (C=N–C) groups is 2. The zero-order valence-electron chi connectivity index (χ0n) is 28.6. The quantitative estimate of drug-likeness (QED) is 0.190. The van der Waals surface area contributed by atoms with Crippen molar-refractivity contribution in [2.45, 2.75) is 6.17 Å². The molecule has 53 heavy (non-hydrogen) atoms. The second kappa shape index (κ2) is 12.9. The first-order valence-electron chi connectivity index (χ1n) is 17.8. The summed E-state index contributed by atoms with van der Waals surface area (Å²) in [4.78, 5) is 15.3. The summed E-state index contributed by atoms with van der Waals surface area (Å²) in [6, 6.07) is 61.2. The van der Waals surface area contributed by atoms with Crippen molar-refractivity contribution in [3.8, 4) is 33.4 Å². The maximum Gasteiger partial charge on any atom is 0.227 e. The number of hydrogen-bond acceptors (Lipinski definition) is 5. The van der Waals surface area contributed by atoms with Crippen LogP contribution >= 0.6 is 0 Å². The molecule has 1 aliphatic rings. The van der Waals surface area contributed by atoms with E-state index < -0.39 is 6.17 Å². The standard InChI is InChI=1S/C48H32N4O/c1-4-13-31(14-5-1)32-22-24-33(25-23-32)36-29-42(44-41-21-12-28-49-48(41)53-43(44)30-36)47-51-45(35-17-8-3-9-18-35)50-46(52-47)40-27-26-37(34-15-6-2-7-16-34)38-19-10-11-20-39(38)40/h1-30,46H,(H,50,51,52). The van der Waals surface area contributed by atoms with Gasteiger partial charge < -0.3 is 9.73 Å². The molecular formula is C48H32N4O. The zero-order chi connectivity index (χ0) is 35.1. The Balaban J connectivity index is 1.17. The zero-order valence-corrected chi connectivity index (χ0v) is 28.6. The van der Waals surface area contributed by atoms with E-state index in [9.17, 15) is 0 Å². The Morgan fingerprint density at radius 1 is 0.434 bits per heavy atom. The van der Waals surface area contributed by atoms with Gasteiger partial charge in [0.2, 0.25) is 5.71 Å². The molecule has 0 amide bonds. The van der Waals surface area contributed by atoms with Crippen LogP contribution in [0, 0.1) is 0 Å². The first-order valence-corrected chi connectivity index (χ1v) is 17.8. The number of furan rings is 1. The molecule has 0 bridgehead atoms. The van der Waals surface area contributed by atoms with E-state index in [1.54, 1.807) is 6.20 Å². The lowest BCUT2D eigenvalue weighted by molar-refractivity contribution is 0.654. The third kappa shape index (κ3) is 5.56. The van der Waals surface area contributed by atoms with Crippen molar-refractivity contribution < 1.29 is 4.42 Å². The molecule has 5 heteroatoms. The third-order valence-electron chi connectivity index (χ3n) is 10.0. The number of rotatable bonds is 6. The van der Waals surface area contributed by atoms with Crippen LogP contribution in [0.4, 0.5) is 0 Å². The molecule has 9 aromatic rings. The lowest BCUT2D eigenvalue weighted by Crippen LogP contribution is -2.36. The van der Waals surface area contributed by atoms with Crippen molar-refractivity contribution in [2.75, 3.05) is 0 Å². The van der Waals surface area contributed by atoms with Gasteiger partial charge in [-0.2, -0.15) is 0 Å². The van der Waals surface area contributed by atoms with Crippen molar-refractivity contribution in [1.82, 2.24) is 10.3 Å². The molecule has 3 heterocycles. The fourth-order valence-corrected chi connectivity index (χ4v) is 7.47. The minimum Gasteiger partial charge on any atom is -0.438 e. The molecule has 10 rings (SSSR count). The summed E-state index contributed by atoms with van der Waals surface area (Å²) in [5.74, 6) is 1.48. The summed E-state index contributed by atoms with van der Waals surface area (Å²) in [5, 5.41) is 7.85. The highest BCUT2D eigenvalue weighted by Crippen LogP contribution is 2.39. The van der Waals surface area contributed by atoms with Gasteiger partial charge in [-0.3, -0.25) is 0 Å². The molecule has 0 aliphatic carbocycles. The number of benzene rings is 7. The predicted molar refractivity (Wildman–Crippen MR) is 217 cm³/mol. The van der Waals surface area contributed by atoms with Gasteiger partial charge in [0.15, 0.2) is 6.17 Å². The summed E-state index contributed by atoms with van der Waals surface area (Å²) < 4.78 is 6.45. The van der Waals surface area contributed by atoms with E-state index in [1.807, 2.05) is 30.3 Å². The first kappa shape index (κ1) is 30.7. The number of amidine groups is 2. The molecule has 0 saturated carbocycles. The van der Waals surface area contributed by atoms with Crippen molar-refractivity contribution >= 4 is 44.5 Å². The fourth-order valence-electron chi connectivity index (χ4n) is 7.47. The second-order valence-electron chi connectivity index (χ2n) is 13.2. The highest BCUT2D eigenvalue weighted by molar-refractivity contribution is 6.24. The topological polar surface area (TPSA) is 62.8 Å². The maximum absolute atomic E-state index is 6.45. The Labute approximate surface area is 306 Å². The van der Waals surface area contributed by atoms with E-state index in [1.165, 1.54) is 22.3 Å². The van der Waals surface area contributed by atoms with Crippen molar-refractivity contribution in [3.05, 3.63) is 199 Å². The Morgan fingerprint density at radius 2 is 1.02 bits per heavy atom. The number of nitrogens with zero attached hydrogens (tertiary/aromatic N) is 3. The highest BCUT2D eigenvalue weighted by atomic mass is 16.3. The molecule has 1 atom stereocenters. The summed E-state index contributed by atoms with van der Waals surface area (Å²) in [6.07, 6.45) is 1.26. The maximum atomic E-state index is 6.45. The van der Waals surface area contributed by atoms with Gasteiger partial charge >= 0.3 is 0 Å². The van der Waals surface area contributed by atoms with Crippen LogP contribution < -0.4 is 5.32 Å². The smallest absolute Gasteiger partial charge is 0.227 e. The molecule has 0 radical (unpaired) electrons. The van der Waals surface area contributed by atoms with Crippen molar-refractivity contribution in [2.24, 2.45) is 9.98 Å². The minimum atomic E-state index is -0.503. The van der Waals surface area contributed by atoms with Gasteiger partial charge in [0, 0.05) is 33.7 Å². The van der Waals surface area contributed by atoms with Gasteiger partial charge in [0.05, 0.1) is 0 Å². The molecule has 0 spiro atoms. The number of pyridine rings is 1. The molecule has 2 aromatic heterocycles. The van der Waals surface area contributed by atoms with E-state index >= 15 is 0 Å². The normalized spacial score (nSPS) is 14.2. The molecule has 1 aliphatic heterocycles. The van der Waals surface area contributed by atoms with Gasteiger partial charge in [-0.05, 0) is 68.4 Å². The van der Waals surface area contributed by atoms with Crippen LogP contribution in [0.3, 0.4) is 0 Å². The number of fused-ring (bicyclic) bond motifs is 4. The summed E-state index contributed by atoms with van der Waals surface area (Å²) in [5.41, 5.74) is 11.1. The second-order valence-corrected chi connectivity index (χ2v) is 13.2. The first-order chi connectivity index (χ1) is 26.3. The molecule has 1 N–H and O–H groups in total. The molecular weight excluding hydrogens is 649 g/mol. The van der Waals surface area contributed by atoms with E-state index in [0.717, 1.165) is 66.6 Å². The highest BCUT2D eigenvalue weighted by Gasteiger charge is 2.26. The van der Waals surface area contributed by atoms with Crippen LogP contribution in [0.5, 0.6) is 0 Å². The molecule has 5 nitrogen and oxygen atoms in total. The summed E-state index contributed by atoms with van der Waals surface area (Å²) >= 11 is 0. The largest absolute Gasteiger partial charge is 0.438 e. The van der Waals surface area contributed by atoms with Gasteiger partial charge in [0.25, 0.3) is 0 Å². The number of aromatic nitrogens is 1. The monoisotopic (exact) mass is 680 g/mol. The van der Waals surface area contributed by atoms with Crippen molar-refractivity contribution in [1.29, 1.82) is 0 Å². The fraction of sp³-hybridized carbons (Fsp3) is 0.0208. The van der Waals surface area contributed by atoms with Crippen LogP contribution in [0.2, 0.25) is 0 Å². The van der Waals surface area contributed by atoms with E-state index in [4.69, 9.17) is 14.4 Å². The molecule has 250 valence electrons. The molecule has 7 aromatic carbocycles. The Bertz CT molecular complexity index is 2840. The molecule has 1 unspecified atom stereocenters. The third-order valence-corrected chi connectivity index (χ3v) is 10.0. The van der Waals surface area contributed by atoms with Crippen LogP contribution in [-0.2, 0) is 0 Å². The van der Waals surface area contributed by atoms with Gasteiger partial charge in [-0.1, -0.05) is 152 Å². The lowest BCUT2D eigenvalue weighted by atomic mass is 9.93. The van der Waals surface area contributed by atoms with Crippen LogP contribution in [0.25, 0.3) is 66.2 Å². The summed E-state index contributed by atoms with van der Waals surface area (Å²) in [6.45, 7) is 0. The average Bonchev–Trinajstić information content (AvgIpc) is 3.62. The number of hydrogen-bond donors (Lipinski definition) is 1. The number of nitrogens with one attached hydrogen (secondary N) is 1. The lowest BCUT2D eigenvalue weighted by Gasteiger charge is -2.24. The molecule has 0 fully saturated rings. The predicted octanol–water partition coefficient (Wildman–Crippen LogP) is 11.6. The van der Waals surface area contributed by atoms with E-state index in [0.29, 0.717) is 5.71 Å². The summed E-state index contributed by atoms with van der Waals surface area (Å²) in [7, 11) is 0. The Hall–Kier alpha value is -7.11. The average molecular weight is 681 g/mol. The molecule has 0 saturated heterocycles.